The summed E-state index contributed by atoms with van der Waals surface area (Å²) in [5, 5.41) is 4.48. The van der Waals surface area contributed by atoms with E-state index in [2.05, 4.69) is 21.7 Å². The number of hydrazine groups is 1. The van der Waals surface area contributed by atoms with Crippen LogP contribution < -0.4 is 20.7 Å². The Hall–Kier alpha value is -3.85. The molecule has 1 amide bonds. The maximum atomic E-state index is 12.2. The fourth-order valence-corrected chi connectivity index (χ4v) is 3.76. The number of fused-ring (bicyclic) bond motifs is 1. The van der Waals surface area contributed by atoms with Crippen LogP contribution >= 0.6 is 0 Å². The summed E-state index contributed by atoms with van der Waals surface area (Å²) < 4.78 is 14.9. The van der Waals surface area contributed by atoms with Gasteiger partial charge in [-0.15, -0.1) is 0 Å². The van der Waals surface area contributed by atoms with Crippen LogP contribution in [0.25, 0.3) is 28.0 Å². The van der Waals surface area contributed by atoms with Crippen LogP contribution in [0.3, 0.4) is 0 Å². The number of methoxy groups -OCH3 is 2. The highest BCUT2D eigenvalue weighted by molar-refractivity contribution is 6.00. The van der Waals surface area contributed by atoms with Gasteiger partial charge >= 0.3 is 0 Å². The summed E-state index contributed by atoms with van der Waals surface area (Å²) in [5.41, 5.74) is 6.92. The second-order valence-electron chi connectivity index (χ2n) is 7.46. The third-order valence-corrected chi connectivity index (χ3v) is 5.53. The van der Waals surface area contributed by atoms with E-state index in [1.807, 2.05) is 33.6 Å². The van der Waals surface area contributed by atoms with Gasteiger partial charge in [0.1, 0.15) is 22.7 Å². The van der Waals surface area contributed by atoms with E-state index in [1.165, 1.54) is 27.1 Å². The lowest BCUT2D eigenvalue weighted by Gasteiger charge is -2.14. The third-order valence-electron chi connectivity index (χ3n) is 5.53. The molecule has 3 N–H and O–H groups in total. The van der Waals surface area contributed by atoms with Gasteiger partial charge in [-0.25, -0.2) is 10.8 Å². The number of carbonyl (C=O) groups is 1. The third kappa shape index (κ3) is 3.28. The molecule has 1 fully saturated rings. The van der Waals surface area contributed by atoms with Gasteiger partial charge in [0.05, 0.1) is 38.3 Å². The average molecular weight is 418 g/mol. The quantitative estimate of drug-likeness (QED) is 0.283. The van der Waals surface area contributed by atoms with Crippen LogP contribution in [0.2, 0.25) is 0 Å². The van der Waals surface area contributed by atoms with E-state index < -0.39 is 5.91 Å². The SMILES string of the molecule is COc1cc(-c2cnc3cc(-c4cnn(C5CC5)c4)ccn23)cc(OC)c1C(=O)NN. The number of nitrogen functional groups attached to an aromatic ring is 1. The minimum atomic E-state index is -0.491. The van der Waals surface area contributed by atoms with Gasteiger partial charge in [0.2, 0.25) is 0 Å². The molecule has 3 heterocycles. The summed E-state index contributed by atoms with van der Waals surface area (Å²) in [6, 6.07) is 8.15. The molecule has 1 aliphatic rings. The monoisotopic (exact) mass is 418 g/mol. The highest BCUT2D eigenvalue weighted by Crippen LogP contribution is 2.37. The Morgan fingerprint density at radius 3 is 2.48 bits per heavy atom. The van der Waals surface area contributed by atoms with E-state index in [9.17, 15) is 4.79 Å². The van der Waals surface area contributed by atoms with Crippen LogP contribution in [-0.2, 0) is 0 Å². The molecule has 4 aromatic rings. The van der Waals surface area contributed by atoms with Gasteiger partial charge in [0, 0.05) is 23.5 Å². The normalized spacial score (nSPS) is 13.4. The van der Waals surface area contributed by atoms with Crippen LogP contribution in [0, 0.1) is 0 Å². The second-order valence-corrected chi connectivity index (χ2v) is 7.46. The maximum Gasteiger partial charge on any atom is 0.272 e. The molecule has 0 radical (unpaired) electrons. The molecule has 0 bridgehead atoms. The molecule has 5 rings (SSSR count). The summed E-state index contributed by atoms with van der Waals surface area (Å²) in [4.78, 5) is 16.8. The van der Waals surface area contributed by atoms with Crippen molar-refractivity contribution in [1.82, 2.24) is 24.6 Å². The lowest BCUT2D eigenvalue weighted by Crippen LogP contribution is -2.30. The van der Waals surface area contributed by atoms with Crippen molar-refractivity contribution in [2.45, 2.75) is 18.9 Å². The van der Waals surface area contributed by atoms with Gasteiger partial charge in [-0.3, -0.25) is 19.3 Å². The first-order valence-corrected chi connectivity index (χ1v) is 9.92. The van der Waals surface area contributed by atoms with Gasteiger partial charge in [-0.2, -0.15) is 5.10 Å². The fraction of sp³-hybridized carbons (Fsp3) is 0.227. The molecule has 3 aromatic heterocycles. The van der Waals surface area contributed by atoms with Crippen LogP contribution in [0.15, 0.2) is 49.1 Å². The van der Waals surface area contributed by atoms with Gasteiger partial charge in [0.25, 0.3) is 5.91 Å². The van der Waals surface area contributed by atoms with Crippen LogP contribution in [0.5, 0.6) is 11.5 Å². The Kier molecular flexibility index (Phi) is 4.59. The summed E-state index contributed by atoms with van der Waals surface area (Å²) >= 11 is 0. The van der Waals surface area contributed by atoms with Crippen molar-refractivity contribution in [1.29, 1.82) is 0 Å². The molecule has 0 unspecified atom stereocenters. The lowest BCUT2D eigenvalue weighted by atomic mass is 10.1. The Morgan fingerprint density at radius 2 is 1.84 bits per heavy atom. The Balaban J connectivity index is 1.56. The number of hydrogen-bond donors (Lipinski definition) is 2. The predicted molar refractivity (Wildman–Crippen MR) is 115 cm³/mol. The smallest absolute Gasteiger partial charge is 0.272 e. The van der Waals surface area contributed by atoms with E-state index >= 15 is 0 Å². The van der Waals surface area contributed by atoms with Crippen molar-refractivity contribution in [2.75, 3.05) is 14.2 Å². The molecule has 9 heteroatoms. The Labute approximate surface area is 178 Å². The number of nitrogens with one attached hydrogen (secondary N) is 1. The minimum Gasteiger partial charge on any atom is -0.496 e. The number of aromatic nitrogens is 4. The van der Waals surface area contributed by atoms with Crippen molar-refractivity contribution in [2.24, 2.45) is 5.84 Å². The van der Waals surface area contributed by atoms with E-state index in [4.69, 9.17) is 15.3 Å². The molecule has 0 atom stereocenters. The van der Waals surface area contributed by atoms with Gasteiger partial charge in [0.15, 0.2) is 0 Å². The maximum absolute atomic E-state index is 12.2. The second kappa shape index (κ2) is 7.44. The number of pyridine rings is 1. The zero-order chi connectivity index (χ0) is 21.5. The van der Waals surface area contributed by atoms with Gasteiger partial charge in [-0.1, -0.05) is 0 Å². The number of amides is 1. The van der Waals surface area contributed by atoms with E-state index in [-0.39, 0.29) is 5.56 Å². The van der Waals surface area contributed by atoms with Crippen LogP contribution in [0.4, 0.5) is 0 Å². The first kappa shape index (κ1) is 19.1. The molecule has 31 heavy (non-hydrogen) atoms. The highest BCUT2D eigenvalue weighted by atomic mass is 16.5. The van der Waals surface area contributed by atoms with Crippen molar-refractivity contribution in [3.05, 3.63) is 54.6 Å². The van der Waals surface area contributed by atoms with E-state index in [0.29, 0.717) is 17.5 Å². The highest BCUT2D eigenvalue weighted by Gasteiger charge is 2.24. The molecular weight excluding hydrogens is 396 g/mol. The Morgan fingerprint density at radius 1 is 1.10 bits per heavy atom. The minimum absolute atomic E-state index is 0.236. The molecule has 0 aliphatic heterocycles. The summed E-state index contributed by atoms with van der Waals surface area (Å²) in [6.45, 7) is 0. The number of imidazole rings is 1. The van der Waals surface area contributed by atoms with Crippen molar-refractivity contribution in [3.8, 4) is 33.9 Å². The zero-order valence-electron chi connectivity index (χ0n) is 17.2. The number of carbonyl (C=O) groups excluding carboxylic acids is 1. The largest absolute Gasteiger partial charge is 0.496 e. The lowest BCUT2D eigenvalue weighted by molar-refractivity contribution is 0.0947. The van der Waals surface area contributed by atoms with Crippen molar-refractivity contribution in [3.63, 3.8) is 0 Å². The molecular formula is C22H22N6O3. The first-order chi connectivity index (χ1) is 15.1. The van der Waals surface area contributed by atoms with Crippen molar-refractivity contribution >= 4 is 11.6 Å². The van der Waals surface area contributed by atoms with Gasteiger partial charge in [-0.05, 0) is 42.7 Å². The van der Waals surface area contributed by atoms with Crippen LogP contribution in [-0.4, -0.2) is 39.3 Å². The fourth-order valence-electron chi connectivity index (χ4n) is 3.76. The Bertz CT molecular complexity index is 1260. The van der Waals surface area contributed by atoms with E-state index in [0.717, 1.165) is 28.0 Å². The van der Waals surface area contributed by atoms with Gasteiger partial charge < -0.3 is 9.47 Å². The standard InChI is InChI=1S/C22H22N6O3/c1-30-18-7-14(8-19(31-2)21(18)22(29)26-23)17-11-24-20-9-13(5-6-27(17)20)15-10-25-28(12-15)16-3-4-16/h5-12,16H,3-4,23H2,1-2H3,(H,26,29). The number of nitrogens with zero attached hydrogens (tertiary/aromatic N) is 4. The molecule has 1 saturated carbocycles. The number of nitrogens with two attached hydrogens (primary N) is 1. The van der Waals surface area contributed by atoms with Crippen LogP contribution in [0.1, 0.15) is 29.2 Å². The first-order valence-electron chi connectivity index (χ1n) is 9.92. The summed E-state index contributed by atoms with van der Waals surface area (Å²) in [6.07, 6.45) is 10.1. The molecule has 1 aliphatic carbocycles. The molecule has 158 valence electrons. The molecule has 0 saturated heterocycles. The number of benzene rings is 1. The van der Waals surface area contributed by atoms with Crippen molar-refractivity contribution < 1.29 is 14.3 Å². The van der Waals surface area contributed by atoms with E-state index in [1.54, 1.807) is 18.3 Å². The number of ether oxygens (including phenoxy) is 2. The molecule has 1 aromatic carbocycles. The summed E-state index contributed by atoms with van der Waals surface area (Å²) in [7, 11) is 2.99. The number of rotatable bonds is 6. The topological polar surface area (TPSA) is 109 Å². The predicted octanol–water partition coefficient (Wildman–Crippen LogP) is 2.82. The summed E-state index contributed by atoms with van der Waals surface area (Å²) in [5.74, 6) is 5.54. The molecule has 9 nitrogen and oxygen atoms in total. The average Bonchev–Trinajstić information content (AvgIpc) is 3.38. The number of hydrogen-bond acceptors (Lipinski definition) is 6. The zero-order valence-corrected chi connectivity index (χ0v) is 17.2. The molecule has 0 spiro atoms.